The minimum atomic E-state index is 0.708. The maximum absolute atomic E-state index is 5.66. The standard InChI is InChI=1S/C12H17IO/c1-2-11(8-13)9-14-10-12-6-4-3-5-7-12/h3-7,11H,2,8-10H2,1H3/t11-/m0/s1. The summed E-state index contributed by atoms with van der Waals surface area (Å²) in [6.07, 6.45) is 1.21. The predicted molar refractivity (Wildman–Crippen MR) is 68.8 cm³/mol. The zero-order chi connectivity index (χ0) is 10.2. The van der Waals surface area contributed by atoms with Crippen LogP contribution in [0.3, 0.4) is 0 Å². The maximum Gasteiger partial charge on any atom is 0.0717 e. The first kappa shape index (κ1) is 12.0. The van der Waals surface area contributed by atoms with Crippen LogP contribution in [0.5, 0.6) is 0 Å². The second-order valence-electron chi connectivity index (χ2n) is 3.43. The van der Waals surface area contributed by atoms with E-state index >= 15 is 0 Å². The third-order valence-electron chi connectivity index (χ3n) is 2.26. The largest absolute Gasteiger partial charge is 0.376 e. The molecule has 0 aliphatic heterocycles. The minimum Gasteiger partial charge on any atom is -0.376 e. The maximum atomic E-state index is 5.66. The predicted octanol–water partition coefficient (Wildman–Crippen LogP) is 3.66. The van der Waals surface area contributed by atoms with Gasteiger partial charge in [0.25, 0.3) is 0 Å². The molecule has 0 bridgehead atoms. The van der Waals surface area contributed by atoms with Crippen LogP contribution in [-0.2, 0) is 11.3 Å². The molecule has 0 saturated carbocycles. The Morgan fingerprint density at radius 2 is 2.00 bits per heavy atom. The van der Waals surface area contributed by atoms with Crippen molar-refractivity contribution in [2.75, 3.05) is 11.0 Å². The van der Waals surface area contributed by atoms with Crippen molar-refractivity contribution in [3.63, 3.8) is 0 Å². The Labute approximate surface area is 100.0 Å². The third kappa shape index (κ3) is 4.42. The molecule has 14 heavy (non-hydrogen) atoms. The number of rotatable bonds is 6. The first-order valence-corrected chi connectivity index (χ1v) is 6.57. The van der Waals surface area contributed by atoms with Crippen molar-refractivity contribution in [2.24, 2.45) is 5.92 Å². The van der Waals surface area contributed by atoms with E-state index in [-0.39, 0.29) is 0 Å². The van der Waals surface area contributed by atoms with Gasteiger partial charge in [0, 0.05) is 4.43 Å². The summed E-state index contributed by atoms with van der Waals surface area (Å²) < 4.78 is 6.84. The van der Waals surface area contributed by atoms with Crippen LogP contribution < -0.4 is 0 Å². The molecule has 0 saturated heterocycles. The molecule has 0 aromatic heterocycles. The van der Waals surface area contributed by atoms with Crippen molar-refractivity contribution in [1.29, 1.82) is 0 Å². The Hall–Kier alpha value is -0.0900. The van der Waals surface area contributed by atoms with Crippen LogP contribution in [0.2, 0.25) is 0 Å². The number of benzene rings is 1. The third-order valence-corrected chi connectivity index (χ3v) is 3.51. The van der Waals surface area contributed by atoms with Gasteiger partial charge in [-0.3, -0.25) is 0 Å². The Morgan fingerprint density at radius 1 is 1.29 bits per heavy atom. The van der Waals surface area contributed by atoms with Gasteiger partial charge in [-0.15, -0.1) is 0 Å². The van der Waals surface area contributed by atoms with Gasteiger partial charge >= 0.3 is 0 Å². The van der Waals surface area contributed by atoms with E-state index in [0.29, 0.717) is 5.92 Å². The molecule has 1 atom stereocenters. The summed E-state index contributed by atoms with van der Waals surface area (Å²) in [4.78, 5) is 0. The molecule has 0 spiro atoms. The van der Waals surface area contributed by atoms with Gasteiger partial charge in [0.1, 0.15) is 0 Å². The quantitative estimate of drug-likeness (QED) is 0.575. The van der Waals surface area contributed by atoms with E-state index < -0.39 is 0 Å². The van der Waals surface area contributed by atoms with Crippen LogP contribution >= 0.6 is 22.6 Å². The number of hydrogen-bond donors (Lipinski definition) is 0. The van der Waals surface area contributed by atoms with Crippen LogP contribution in [0.25, 0.3) is 0 Å². The lowest BCUT2D eigenvalue weighted by Crippen LogP contribution is -2.09. The normalized spacial score (nSPS) is 12.7. The molecule has 0 amide bonds. The van der Waals surface area contributed by atoms with Gasteiger partial charge in [-0.05, 0) is 11.5 Å². The first-order chi connectivity index (χ1) is 6.86. The van der Waals surface area contributed by atoms with E-state index in [9.17, 15) is 0 Å². The molecule has 1 aromatic carbocycles. The minimum absolute atomic E-state index is 0.708. The van der Waals surface area contributed by atoms with Crippen molar-refractivity contribution < 1.29 is 4.74 Å². The van der Waals surface area contributed by atoms with E-state index in [0.717, 1.165) is 13.2 Å². The van der Waals surface area contributed by atoms with Crippen LogP contribution in [0.1, 0.15) is 18.9 Å². The highest BCUT2D eigenvalue weighted by atomic mass is 127. The van der Waals surface area contributed by atoms with E-state index in [4.69, 9.17) is 4.74 Å². The Balaban J connectivity index is 2.21. The summed E-state index contributed by atoms with van der Waals surface area (Å²) in [6.45, 7) is 3.84. The molecule has 0 radical (unpaired) electrons. The van der Waals surface area contributed by atoms with Gasteiger partial charge in [-0.1, -0.05) is 66.3 Å². The lowest BCUT2D eigenvalue weighted by Gasteiger charge is -2.11. The monoisotopic (exact) mass is 304 g/mol. The zero-order valence-electron chi connectivity index (χ0n) is 8.58. The van der Waals surface area contributed by atoms with Crippen molar-refractivity contribution in [1.82, 2.24) is 0 Å². The number of halogens is 1. The molecule has 0 unspecified atom stereocenters. The van der Waals surface area contributed by atoms with Crippen LogP contribution in [0.15, 0.2) is 30.3 Å². The van der Waals surface area contributed by atoms with Crippen LogP contribution in [0.4, 0.5) is 0 Å². The van der Waals surface area contributed by atoms with Gasteiger partial charge in [-0.25, -0.2) is 0 Å². The van der Waals surface area contributed by atoms with E-state index in [1.165, 1.54) is 16.4 Å². The topological polar surface area (TPSA) is 9.23 Å². The smallest absolute Gasteiger partial charge is 0.0717 e. The van der Waals surface area contributed by atoms with Crippen molar-refractivity contribution in [2.45, 2.75) is 20.0 Å². The molecular formula is C12H17IO. The number of hydrogen-bond acceptors (Lipinski definition) is 1. The molecule has 0 aliphatic rings. The Morgan fingerprint density at radius 3 is 2.57 bits per heavy atom. The summed E-state index contributed by atoms with van der Waals surface area (Å²) in [5.41, 5.74) is 1.26. The van der Waals surface area contributed by atoms with Gasteiger partial charge in [0.2, 0.25) is 0 Å². The molecule has 1 rings (SSSR count). The molecule has 78 valence electrons. The molecule has 1 aromatic rings. The molecule has 0 N–H and O–H groups in total. The highest BCUT2D eigenvalue weighted by Gasteiger charge is 2.03. The summed E-state index contributed by atoms with van der Waals surface area (Å²) in [5, 5.41) is 0. The lowest BCUT2D eigenvalue weighted by molar-refractivity contribution is 0.0931. The van der Waals surface area contributed by atoms with Crippen molar-refractivity contribution >= 4 is 22.6 Å². The second-order valence-corrected chi connectivity index (χ2v) is 4.31. The molecular weight excluding hydrogens is 287 g/mol. The van der Waals surface area contributed by atoms with Gasteiger partial charge < -0.3 is 4.74 Å². The fourth-order valence-corrected chi connectivity index (χ4v) is 2.07. The molecule has 0 aliphatic carbocycles. The number of alkyl halides is 1. The summed E-state index contributed by atoms with van der Waals surface area (Å²) in [5.74, 6) is 0.708. The summed E-state index contributed by atoms with van der Waals surface area (Å²) >= 11 is 2.42. The van der Waals surface area contributed by atoms with E-state index in [2.05, 4.69) is 41.6 Å². The summed E-state index contributed by atoms with van der Waals surface area (Å²) in [7, 11) is 0. The van der Waals surface area contributed by atoms with Crippen LogP contribution in [0, 0.1) is 5.92 Å². The van der Waals surface area contributed by atoms with E-state index in [1.54, 1.807) is 0 Å². The molecule has 2 heteroatoms. The highest BCUT2D eigenvalue weighted by molar-refractivity contribution is 14.1. The van der Waals surface area contributed by atoms with Gasteiger partial charge in [0.05, 0.1) is 13.2 Å². The average molecular weight is 304 g/mol. The van der Waals surface area contributed by atoms with Crippen LogP contribution in [-0.4, -0.2) is 11.0 Å². The van der Waals surface area contributed by atoms with Gasteiger partial charge in [0.15, 0.2) is 0 Å². The van der Waals surface area contributed by atoms with Gasteiger partial charge in [-0.2, -0.15) is 0 Å². The first-order valence-electron chi connectivity index (χ1n) is 5.04. The van der Waals surface area contributed by atoms with Crippen molar-refractivity contribution in [3.8, 4) is 0 Å². The average Bonchev–Trinajstić information content (AvgIpc) is 2.26. The SMILES string of the molecule is CC[C@@H](CI)COCc1ccccc1. The second kappa shape index (κ2) is 7.23. The summed E-state index contributed by atoms with van der Waals surface area (Å²) in [6, 6.07) is 10.3. The molecule has 0 heterocycles. The zero-order valence-corrected chi connectivity index (χ0v) is 10.7. The fraction of sp³-hybridized carbons (Fsp3) is 0.500. The Kier molecular flexibility index (Phi) is 6.19. The van der Waals surface area contributed by atoms with Crippen molar-refractivity contribution in [3.05, 3.63) is 35.9 Å². The number of ether oxygens (including phenoxy) is 1. The highest BCUT2D eigenvalue weighted by Crippen LogP contribution is 2.09. The fourth-order valence-electron chi connectivity index (χ4n) is 1.19. The molecule has 1 nitrogen and oxygen atoms in total. The Bertz CT molecular complexity index is 231. The lowest BCUT2D eigenvalue weighted by atomic mass is 10.1. The van der Waals surface area contributed by atoms with E-state index in [1.807, 2.05) is 18.2 Å². The molecule has 0 fully saturated rings.